The quantitative estimate of drug-likeness (QED) is 0.477. The van der Waals surface area contributed by atoms with Crippen molar-refractivity contribution in [3.05, 3.63) is 102 Å². The molecule has 0 bridgehead atoms. The minimum absolute atomic E-state index is 0.141. The third-order valence-electron chi connectivity index (χ3n) is 6.02. The van der Waals surface area contributed by atoms with Crippen molar-refractivity contribution in [1.82, 2.24) is 24.6 Å². The molecule has 1 amide bonds. The zero-order valence-corrected chi connectivity index (χ0v) is 18.6. The third-order valence-corrected chi connectivity index (χ3v) is 6.02. The van der Waals surface area contributed by atoms with Crippen LogP contribution in [0.1, 0.15) is 22.7 Å². The van der Waals surface area contributed by atoms with Crippen molar-refractivity contribution in [1.29, 1.82) is 0 Å². The molecule has 0 unspecified atom stereocenters. The van der Waals surface area contributed by atoms with Gasteiger partial charge < -0.3 is 9.80 Å². The standard InChI is InChI=1S/C26H26N6O/c1-20-12-13-32(29-20)24-18-23(27-19-28-24)30-14-16-31(17-15-30)26(33)25(21-8-4-2-5-9-21)22-10-6-3-7-11-22/h2-13,18-19,25H,14-17H2,1H3. The van der Waals surface area contributed by atoms with Crippen LogP contribution in [0.2, 0.25) is 0 Å². The van der Waals surface area contributed by atoms with Gasteiger partial charge in [0.05, 0.1) is 11.6 Å². The molecule has 0 atom stereocenters. The highest BCUT2D eigenvalue weighted by molar-refractivity contribution is 5.87. The molecule has 0 spiro atoms. The molecule has 2 aromatic carbocycles. The van der Waals surface area contributed by atoms with Crippen LogP contribution in [-0.2, 0) is 4.79 Å². The molecule has 2 aromatic heterocycles. The summed E-state index contributed by atoms with van der Waals surface area (Å²) in [6.45, 7) is 4.69. The van der Waals surface area contributed by atoms with Crippen LogP contribution in [0.15, 0.2) is 85.3 Å². The average Bonchev–Trinajstić information content (AvgIpc) is 3.32. The molecule has 5 rings (SSSR count). The summed E-state index contributed by atoms with van der Waals surface area (Å²) in [7, 11) is 0. The maximum absolute atomic E-state index is 13.7. The second-order valence-electron chi connectivity index (χ2n) is 8.20. The fourth-order valence-electron chi connectivity index (χ4n) is 4.29. The van der Waals surface area contributed by atoms with E-state index in [0.717, 1.165) is 41.5 Å². The Morgan fingerprint density at radius 3 is 2.00 bits per heavy atom. The summed E-state index contributed by atoms with van der Waals surface area (Å²) in [5, 5.41) is 4.43. The van der Waals surface area contributed by atoms with Gasteiger partial charge in [0, 0.05) is 38.4 Å². The monoisotopic (exact) mass is 438 g/mol. The molecule has 7 nitrogen and oxygen atoms in total. The first-order valence-corrected chi connectivity index (χ1v) is 11.2. The van der Waals surface area contributed by atoms with Crippen molar-refractivity contribution in [2.75, 3.05) is 31.1 Å². The van der Waals surface area contributed by atoms with Gasteiger partial charge in [0.25, 0.3) is 0 Å². The predicted octanol–water partition coefficient (Wildman–Crippen LogP) is 3.45. The lowest BCUT2D eigenvalue weighted by Gasteiger charge is -2.37. The van der Waals surface area contributed by atoms with Gasteiger partial charge in [0.2, 0.25) is 5.91 Å². The third kappa shape index (κ3) is 4.48. The zero-order chi connectivity index (χ0) is 22.6. The summed E-state index contributed by atoms with van der Waals surface area (Å²) >= 11 is 0. The van der Waals surface area contributed by atoms with Crippen LogP contribution in [0, 0.1) is 6.92 Å². The van der Waals surface area contributed by atoms with Crippen molar-refractivity contribution in [2.24, 2.45) is 0 Å². The molecule has 0 aliphatic carbocycles. The van der Waals surface area contributed by atoms with Crippen LogP contribution in [0.5, 0.6) is 0 Å². The Bertz CT molecular complexity index is 1180. The lowest BCUT2D eigenvalue weighted by Crippen LogP contribution is -2.50. The maximum Gasteiger partial charge on any atom is 0.234 e. The van der Waals surface area contributed by atoms with Gasteiger partial charge in [0.15, 0.2) is 5.82 Å². The number of hydrogen-bond acceptors (Lipinski definition) is 5. The first-order chi connectivity index (χ1) is 16.2. The maximum atomic E-state index is 13.7. The SMILES string of the molecule is Cc1ccn(-c2cc(N3CCN(C(=O)C(c4ccccc4)c4ccccc4)CC3)ncn2)n1. The number of anilines is 1. The second kappa shape index (κ2) is 9.24. The number of hydrogen-bond donors (Lipinski definition) is 0. The van der Waals surface area contributed by atoms with Gasteiger partial charge in [-0.05, 0) is 24.1 Å². The zero-order valence-electron chi connectivity index (χ0n) is 18.6. The van der Waals surface area contributed by atoms with Crippen molar-refractivity contribution >= 4 is 11.7 Å². The minimum Gasteiger partial charge on any atom is -0.353 e. The summed E-state index contributed by atoms with van der Waals surface area (Å²) in [6, 6.07) is 23.9. The largest absolute Gasteiger partial charge is 0.353 e. The molecular weight excluding hydrogens is 412 g/mol. The highest BCUT2D eigenvalue weighted by atomic mass is 16.2. The molecule has 0 radical (unpaired) electrons. The molecule has 1 aliphatic rings. The lowest BCUT2D eigenvalue weighted by atomic mass is 9.90. The van der Waals surface area contributed by atoms with Gasteiger partial charge in [-0.25, -0.2) is 14.6 Å². The molecule has 7 heteroatoms. The summed E-state index contributed by atoms with van der Waals surface area (Å²) in [4.78, 5) is 26.6. The number of rotatable bonds is 5. The lowest BCUT2D eigenvalue weighted by molar-refractivity contribution is -0.132. The van der Waals surface area contributed by atoms with E-state index in [1.54, 1.807) is 11.0 Å². The highest BCUT2D eigenvalue weighted by Crippen LogP contribution is 2.28. The van der Waals surface area contributed by atoms with E-state index in [0.29, 0.717) is 13.1 Å². The van der Waals surface area contributed by atoms with Crippen LogP contribution >= 0.6 is 0 Å². The highest BCUT2D eigenvalue weighted by Gasteiger charge is 2.30. The fraction of sp³-hybridized carbons (Fsp3) is 0.231. The predicted molar refractivity (Wildman–Crippen MR) is 127 cm³/mol. The van der Waals surface area contributed by atoms with E-state index in [2.05, 4.69) is 20.0 Å². The van der Waals surface area contributed by atoms with Gasteiger partial charge in [0.1, 0.15) is 12.1 Å². The molecule has 0 N–H and O–H groups in total. The average molecular weight is 439 g/mol. The number of nitrogens with zero attached hydrogens (tertiary/aromatic N) is 6. The first kappa shape index (κ1) is 20.9. The van der Waals surface area contributed by atoms with Crippen molar-refractivity contribution < 1.29 is 4.79 Å². The van der Waals surface area contributed by atoms with E-state index >= 15 is 0 Å². The normalized spacial score (nSPS) is 14.0. The van der Waals surface area contributed by atoms with E-state index < -0.39 is 0 Å². The van der Waals surface area contributed by atoms with Crippen molar-refractivity contribution in [3.8, 4) is 5.82 Å². The van der Waals surface area contributed by atoms with E-state index in [1.165, 1.54) is 0 Å². The second-order valence-corrected chi connectivity index (χ2v) is 8.20. The van der Waals surface area contributed by atoms with Crippen LogP contribution in [0.3, 0.4) is 0 Å². The summed E-state index contributed by atoms with van der Waals surface area (Å²) in [5.41, 5.74) is 2.98. The van der Waals surface area contributed by atoms with Crippen LogP contribution in [0.25, 0.3) is 5.82 Å². The number of carbonyl (C=O) groups excluding carboxylic acids is 1. The van der Waals surface area contributed by atoms with Crippen molar-refractivity contribution in [3.63, 3.8) is 0 Å². The molecular formula is C26H26N6O. The summed E-state index contributed by atoms with van der Waals surface area (Å²) in [6.07, 6.45) is 3.46. The summed E-state index contributed by atoms with van der Waals surface area (Å²) in [5.74, 6) is 1.43. The Morgan fingerprint density at radius 2 is 1.42 bits per heavy atom. The number of benzene rings is 2. The molecule has 166 valence electrons. The first-order valence-electron chi connectivity index (χ1n) is 11.2. The van der Waals surface area contributed by atoms with Crippen molar-refractivity contribution in [2.45, 2.75) is 12.8 Å². The van der Waals surface area contributed by atoms with Crippen LogP contribution in [0.4, 0.5) is 5.82 Å². The molecule has 33 heavy (non-hydrogen) atoms. The topological polar surface area (TPSA) is 67.2 Å². The Balaban J connectivity index is 1.32. The Morgan fingerprint density at radius 1 is 0.818 bits per heavy atom. The number of carbonyl (C=O) groups is 1. The molecule has 1 fully saturated rings. The molecule has 0 saturated carbocycles. The van der Waals surface area contributed by atoms with E-state index in [1.807, 2.05) is 90.8 Å². The van der Waals surface area contributed by atoms with Gasteiger partial charge in [-0.1, -0.05) is 60.7 Å². The van der Waals surface area contributed by atoms with Gasteiger partial charge in [-0.15, -0.1) is 0 Å². The molecule has 1 aliphatic heterocycles. The minimum atomic E-state index is -0.298. The molecule has 4 aromatic rings. The number of amides is 1. The smallest absolute Gasteiger partial charge is 0.234 e. The molecule has 1 saturated heterocycles. The van der Waals surface area contributed by atoms with E-state index in [9.17, 15) is 4.79 Å². The van der Waals surface area contributed by atoms with Crippen LogP contribution in [-0.4, -0.2) is 56.7 Å². The number of aromatic nitrogens is 4. The van der Waals surface area contributed by atoms with E-state index in [4.69, 9.17) is 0 Å². The number of piperazine rings is 1. The van der Waals surface area contributed by atoms with Gasteiger partial charge in [-0.3, -0.25) is 4.79 Å². The van der Waals surface area contributed by atoms with E-state index in [-0.39, 0.29) is 11.8 Å². The Labute approximate surface area is 193 Å². The molecule has 3 heterocycles. The number of aryl methyl sites for hydroxylation is 1. The Hall–Kier alpha value is -4.00. The summed E-state index contributed by atoms with van der Waals surface area (Å²) < 4.78 is 1.75. The van der Waals surface area contributed by atoms with Crippen LogP contribution < -0.4 is 4.90 Å². The van der Waals surface area contributed by atoms with Gasteiger partial charge >= 0.3 is 0 Å². The fourth-order valence-corrected chi connectivity index (χ4v) is 4.29. The Kier molecular flexibility index (Phi) is 5.85. The van der Waals surface area contributed by atoms with Gasteiger partial charge in [-0.2, -0.15) is 5.10 Å².